The minimum Gasteiger partial charge on any atom is -0.258 e. The molecule has 0 radical (unpaired) electrons. The van der Waals surface area contributed by atoms with Crippen molar-refractivity contribution in [3.8, 4) is 0 Å². The molecule has 0 fully saturated rings. The molecule has 0 aliphatic heterocycles. The summed E-state index contributed by atoms with van der Waals surface area (Å²) in [5, 5.41) is 21.8. The second-order valence-corrected chi connectivity index (χ2v) is 7.42. The van der Waals surface area contributed by atoms with E-state index < -0.39 is 98.3 Å². The largest absolute Gasteiger partial charge is 0.460 e. The molecule has 0 heterocycles. The predicted octanol–water partition coefficient (Wildman–Crippen LogP) is 7.99. The van der Waals surface area contributed by atoms with Crippen LogP contribution in [0.2, 0.25) is 0 Å². The van der Waals surface area contributed by atoms with Crippen LogP contribution in [0.25, 0.3) is 0 Å². The third-order valence-electron chi connectivity index (χ3n) is 4.85. The van der Waals surface area contributed by atoms with Crippen LogP contribution in [-0.4, -0.2) is 51.6 Å². The van der Waals surface area contributed by atoms with Gasteiger partial charge in [0.05, 0.1) is 15.4 Å². The van der Waals surface area contributed by atoms with E-state index in [1.54, 1.807) is 0 Å². The van der Waals surface area contributed by atoms with Crippen molar-refractivity contribution in [2.24, 2.45) is 0 Å². The summed E-state index contributed by atoms with van der Waals surface area (Å²) in [5.74, 6) is -61.1. The number of nitro groups is 2. The van der Waals surface area contributed by atoms with E-state index in [4.69, 9.17) is 0 Å². The number of benzene rings is 1. The van der Waals surface area contributed by atoms with E-state index in [9.17, 15) is 108 Å². The summed E-state index contributed by atoms with van der Waals surface area (Å²) >= 11 is 0. The fourth-order valence-electron chi connectivity index (χ4n) is 2.71. The normalized spacial score (nSPS) is 15.2. The van der Waals surface area contributed by atoms with Crippen molar-refractivity contribution in [3.63, 3.8) is 0 Å². The molecule has 26 heteroatoms. The maximum atomic E-state index is 14.5. The molecule has 6 nitrogen and oxygen atoms in total. The Labute approximate surface area is 207 Å². The maximum absolute atomic E-state index is 14.5. The Morgan fingerprint density at radius 2 is 0.732 bits per heavy atom. The number of halogens is 20. The molecule has 0 bridgehead atoms. The third-order valence-corrected chi connectivity index (χ3v) is 4.85. The number of alkyl halides is 20. The lowest BCUT2D eigenvalue weighted by molar-refractivity contribution is -0.464. The Morgan fingerprint density at radius 1 is 0.463 bits per heavy atom. The van der Waals surface area contributed by atoms with E-state index in [1.807, 2.05) is 0 Å². The standard InChI is InChI=1S/C15H2F20N2O4/c16-7(17,6-4(36(38)39)1-3(8(18,19)20)2-5(6)37(40)41)9(21,22)10(23,24)11(25,26)12(27,28)13(29,30)14(31,32)15(33,34)35/h1-2H. The van der Waals surface area contributed by atoms with Crippen molar-refractivity contribution >= 4 is 11.4 Å². The van der Waals surface area contributed by atoms with Gasteiger partial charge in [0.2, 0.25) is 0 Å². The third kappa shape index (κ3) is 4.80. The highest BCUT2D eigenvalue weighted by atomic mass is 19.4. The highest BCUT2D eigenvalue weighted by Crippen LogP contribution is 2.66. The van der Waals surface area contributed by atoms with Crippen LogP contribution in [0.4, 0.5) is 99.2 Å². The Hall–Kier alpha value is -3.38. The van der Waals surface area contributed by atoms with Gasteiger partial charge >= 0.3 is 53.8 Å². The van der Waals surface area contributed by atoms with E-state index in [-0.39, 0.29) is 0 Å². The average molecular weight is 654 g/mol. The van der Waals surface area contributed by atoms with Gasteiger partial charge in [0.1, 0.15) is 0 Å². The van der Waals surface area contributed by atoms with Gasteiger partial charge in [-0.05, 0) is 0 Å². The van der Waals surface area contributed by atoms with Crippen molar-refractivity contribution in [2.45, 2.75) is 53.8 Å². The summed E-state index contributed by atoms with van der Waals surface area (Å²) in [6.07, 6.45) is -14.1. The van der Waals surface area contributed by atoms with Gasteiger partial charge in [-0.2, -0.15) is 87.8 Å². The van der Waals surface area contributed by atoms with E-state index in [0.717, 1.165) is 0 Å². The maximum Gasteiger partial charge on any atom is 0.460 e. The minimum absolute atomic E-state index is 1.31. The monoisotopic (exact) mass is 654 g/mol. The van der Waals surface area contributed by atoms with Crippen molar-refractivity contribution in [1.82, 2.24) is 0 Å². The predicted molar refractivity (Wildman–Crippen MR) is 84.4 cm³/mol. The molecule has 0 atom stereocenters. The summed E-state index contributed by atoms with van der Waals surface area (Å²) in [6, 6.07) is -2.62. The first-order chi connectivity index (χ1) is 17.6. The highest BCUT2D eigenvalue weighted by Gasteiger charge is 2.95. The van der Waals surface area contributed by atoms with Gasteiger partial charge in [-0.1, -0.05) is 0 Å². The van der Waals surface area contributed by atoms with Crippen LogP contribution < -0.4 is 0 Å². The Kier molecular flexibility index (Phi) is 8.10. The molecule has 1 aromatic rings. The first-order valence-electron chi connectivity index (χ1n) is 8.86. The average Bonchev–Trinajstić information content (AvgIpc) is 2.75. The number of rotatable bonds is 9. The Balaban J connectivity index is 4.15. The Bertz CT molecular complexity index is 1180. The lowest BCUT2D eigenvalue weighted by Crippen LogP contribution is -2.74. The molecule has 0 aromatic heterocycles. The second-order valence-electron chi connectivity index (χ2n) is 7.42. The second kappa shape index (κ2) is 9.32. The van der Waals surface area contributed by atoms with Crippen molar-refractivity contribution in [3.05, 3.63) is 43.5 Å². The molecule has 0 saturated carbocycles. The fourth-order valence-corrected chi connectivity index (χ4v) is 2.71. The number of nitro benzene ring substituents is 2. The van der Waals surface area contributed by atoms with Crippen LogP contribution in [0.1, 0.15) is 11.1 Å². The van der Waals surface area contributed by atoms with Gasteiger partial charge in [-0.15, -0.1) is 0 Å². The molecule has 1 aromatic carbocycles. The molecule has 236 valence electrons. The zero-order valence-corrected chi connectivity index (χ0v) is 17.7. The van der Waals surface area contributed by atoms with E-state index in [2.05, 4.69) is 0 Å². The van der Waals surface area contributed by atoms with Gasteiger partial charge in [0, 0.05) is 12.1 Å². The summed E-state index contributed by atoms with van der Waals surface area (Å²) in [4.78, 5) is 16.4. The zero-order valence-electron chi connectivity index (χ0n) is 17.7. The summed E-state index contributed by atoms with van der Waals surface area (Å²) in [5.41, 5.74) is -13.3. The lowest BCUT2D eigenvalue weighted by Gasteiger charge is -2.42. The van der Waals surface area contributed by atoms with Crippen LogP contribution in [0, 0.1) is 20.2 Å². The van der Waals surface area contributed by atoms with E-state index in [1.165, 1.54) is 0 Å². The molecular formula is C15H2F20N2O4. The molecule has 0 saturated heterocycles. The zero-order chi connectivity index (χ0) is 33.4. The molecule has 0 amide bonds. The topological polar surface area (TPSA) is 86.3 Å². The van der Waals surface area contributed by atoms with Crippen molar-refractivity contribution < 1.29 is 97.7 Å². The van der Waals surface area contributed by atoms with Gasteiger partial charge in [-0.25, -0.2) is 0 Å². The summed E-state index contributed by atoms with van der Waals surface area (Å²) in [6.45, 7) is 0. The van der Waals surface area contributed by atoms with Gasteiger partial charge in [0.25, 0.3) is 11.4 Å². The van der Waals surface area contributed by atoms with Crippen LogP contribution >= 0.6 is 0 Å². The van der Waals surface area contributed by atoms with Crippen LogP contribution in [0.5, 0.6) is 0 Å². The molecule has 0 aliphatic rings. The van der Waals surface area contributed by atoms with Gasteiger partial charge < -0.3 is 0 Å². The Morgan fingerprint density at radius 3 is 0.976 bits per heavy atom. The highest BCUT2D eigenvalue weighted by molar-refractivity contribution is 5.60. The summed E-state index contributed by atoms with van der Waals surface area (Å²) in [7, 11) is 0. The van der Waals surface area contributed by atoms with E-state index in [0.29, 0.717) is 0 Å². The van der Waals surface area contributed by atoms with E-state index >= 15 is 0 Å². The molecule has 0 spiro atoms. The minimum atomic E-state index is -9.12. The van der Waals surface area contributed by atoms with Gasteiger partial charge in [-0.3, -0.25) is 20.2 Å². The van der Waals surface area contributed by atoms with Crippen LogP contribution in [0.3, 0.4) is 0 Å². The molecular weight excluding hydrogens is 652 g/mol. The number of nitrogens with zero attached hydrogens (tertiary/aromatic N) is 2. The quantitative estimate of drug-likeness (QED) is 0.154. The molecule has 0 aliphatic carbocycles. The lowest BCUT2D eigenvalue weighted by atomic mass is 9.86. The first kappa shape index (κ1) is 35.6. The smallest absolute Gasteiger partial charge is 0.258 e. The SMILES string of the molecule is O=[N+]([O-])c1cc(C(F)(F)F)cc([N+](=O)[O-])c1C(F)(F)C(F)(F)C(F)(F)C(F)(F)C(F)(F)C(F)(F)C(F)(F)C(F)(F)F. The molecule has 0 N–H and O–H groups in total. The van der Waals surface area contributed by atoms with Gasteiger partial charge in [0.15, 0.2) is 5.56 Å². The van der Waals surface area contributed by atoms with Crippen LogP contribution in [-0.2, 0) is 12.1 Å². The number of hydrogen-bond acceptors (Lipinski definition) is 4. The number of hydrogen-bond donors (Lipinski definition) is 0. The molecule has 41 heavy (non-hydrogen) atoms. The van der Waals surface area contributed by atoms with Crippen molar-refractivity contribution in [1.29, 1.82) is 0 Å². The fraction of sp³-hybridized carbons (Fsp3) is 0.600. The summed E-state index contributed by atoms with van der Waals surface area (Å²) < 4.78 is 267. The van der Waals surface area contributed by atoms with Crippen molar-refractivity contribution in [2.75, 3.05) is 0 Å². The first-order valence-corrected chi connectivity index (χ1v) is 8.86. The molecule has 1 rings (SSSR count). The van der Waals surface area contributed by atoms with Crippen LogP contribution in [0.15, 0.2) is 12.1 Å². The molecule has 0 unspecified atom stereocenters.